The van der Waals surface area contributed by atoms with Crippen molar-refractivity contribution in [2.45, 2.75) is 51.6 Å². The molecule has 1 saturated carbocycles. The van der Waals surface area contributed by atoms with Crippen molar-refractivity contribution in [3.05, 3.63) is 52.0 Å². The molecule has 0 bridgehead atoms. The van der Waals surface area contributed by atoms with Gasteiger partial charge in [0.25, 0.3) is 5.56 Å². The highest BCUT2D eigenvalue weighted by Gasteiger charge is 2.24. The van der Waals surface area contributed by atoms with Crippen LogP contribution in [0.25, 0.3) is 11.0 Å². The molecule has 0 radical (unpaired) electrons. The molecule has 2 aromatic heterocycles. The molecule has 0 aliphatic heterocycles. The normalized spacial score (nSPS) is 14.6. The molecule has 2 heterocycles. The van der Waals surface area contributed by atoms with Gasteiger partial charge in [-0.25, -0.2) is 4.98 Å². The monoisotopic (exact) mass is 381 g/mol. The summed E-state index contributed by atoms with van der Waals surface area (Å²) in [5.74, 6) is 1.29. The van der Waals surface area contributed by atoms with Crippen LogP contribution < -0.4 is 5.56 Å². The summed E-state index contributed by atoms with van der Waals surface area (Å²) in [6.07, 6.45) is 4.53. The number of hydrogen-bond acceptors (Lipinski definition) is 6. The first-order valence-electron chi connectivity index (χ1n) is 9.55. The quantitative estimate of drug-likeness (QED) is 0.674. The Kier molecular flexibility index (Phi) is 4.93. The van der Waals surface area contributed by atoms with Gasteiger partial charge in [-0.05, 0) is 31.9 Å². The summed E-state index contributed by atoms with van der Waals surface area (Å²) in [6.45, 7) is 1.83. The van der Waals surface area contributed by atoms with Crippen LogP contribution in [-0.4, -0.2) is 37.5 Å². The lowest BCUT2D eigenvalue weighted by Crippen LogP contribution is -2.35. The van der Waals surface area contributed by atoms with Gasteiger partial charge in [0.2, 0.25) is 11.8 Å². The number of carbonyl (C=O) groups excluding carboxylic acids is 1. The molecule has 3 aromatic rings. The van der Waals surface area contributed by atoms with E-state index >= 15 is 0 Å². The minimum atomic E-state index is -0.261. The van der Waals surface area contributed by atoms with Gasteiger partial charge in [0.05, 0.1) is 17.6 Å². The average molecular weight is 381 g/mol. The number of aryl methyl sites for hydroxylation is 1. The zero-order valence-corrected chi connectivity index (χ0v) is 16.1. The number of hydrogen-bond donors (Lipinski definition) is 0. The van der Waals surface area contributed by atoms with E-state index in [0.717, 1.165) is 12.8 Å². The molecule has 0 atom stereocenters. The molecule has 0 unspecified atom stereocenters. The molecule has 8 nitrogen and oxygen atoms in total. The van der Waals surface area contributed by atoms with Crippen molar-refractivity contribution in [1.82, 2.24) is 24.6 Å². The first kappa shape index (κ1) is 18.3. The molecule has 0 N–H and O–H groups in total. The van der Waals surface area contributed by atoms with Crippen molar-refractivity contribution < 1.29 is 9.32 Å². The third-order valence-corrected chi connectivity index (χ3v) is 5.30. The first-order valence-corrected chi connectivity index (χ1v) is 9.55. The summed E-state index contributed by atoms with van der Waals surface area (Å²) in [5, 5.41) is 4.01. The predicted octanol–water partition coefficient (Wildman–Crippen LogP) is 2.40. The molecule has 8 heteroatoms. The van der Waals surface area contributed by atoms with Crippen molar-refractivity contribution >= 4 is 16.9 Å². The van der Waals surface area contributed by atoms with E-state index in [1.54, 1.807) is 20.0 Å². The lowest BCUT2D eigenvalue weighted by atomic mass is 10.1. The smallest absolute Gasteiger partial charge is 0.272 e. The van der Waals surface area contributed by atoms with E-state index in [4.69, 9.17) is 4.52 Å². The lowest BCUT2D eigenvalue weighted by molar-refractivity contribution is -0.131. The second-order valence-corrected chi connectivity index (χ2v) is 7.36. The van der Waals surface area contributed by atoms with E-state index in [2.05, 4.69) is 15.1 Å². The summed E-state index contributed by atoms with van der Waals surface area (Å²) >= 11 is 0. The van der Waals surface area contributed by atoms with Crippen LogP contribution >= 0.6 is 0 Å². The third kappa shape index (κ3) is 3.54. The van der Waals surface area contributed by atoms with Crippen molar-refractivity contribution in [1.29, 1.82) is 0 Å². The van der Waals surface area contributed by atoms with E-state index in [9.17, 15) is 9.59 Å². The Hall–Kier alpha value is -3.03. The Labute approximate surface area is 162 Å². The number of aromatic nitrogens is 4. The Morgan fingerprint density at radius 3 is 2.79 bits per heavy atom. The van der Waals surface area contributed by atoms with E-state index in [-0.39, 0.29) is 24.6 Å². The van der Waals surface area contributed by atoms with Gasteiger partial charge in [0, 0.05) is 13.0 Å². The molecule has 4 rings (SSSR count). The molecule has 0 saturated heterocycles. The van der Waals surface area contributed by atoms with Crippen molar-refractivity contribution in [3.63, 3.8) is 0 Å². The van der Waals surface area contributed by atoms with E-state index < -0.39 is 0 Å². The zero-order valence-electron chi connectivity index (χ0n) is 16.1. The van der Waals surface area contributed by atoms with E-state index in [0.29, 0.717) is 34.4 Å². The molecule has 1 amide bonds. The van der Waals surface area contributed by atoms with Gasteiger partial charge in [-0.3, -0.25) is 14.2 Å². The number of para-hydroxylation sites is 2. The lowest BCUT2D eigenvalue weighted by Gasteiger charge is -2.17. The Bertz CT molecular complexity index is 1070. The first-order chi connectivity index (χ1) is 13.5. The van der Waals surface area contributed by atoms with E-state index in [1.165, 1.54) is 22.3 Å². The molecule has 1 aromatic carbocycles. The maximum atomic E-state index is 12.7. The maximum absolute atomic E-state index is 12.7. The number of likely N-dealkylation sites (N-methyl/N-ethyl adjacent to an activating group) is 1. The number of fused-ring (bicyclic) bond motifs is 1. The van der Waals surface area contributed by atoms with Crippen molar-refractivity contribution in [3.8, 4) is 0 Å². The number of nitrogens with zero attached hydrogens (tertiary/aromatic N) is 5. The third-order valence-electron chi connectivity index (χ3n) is 5.30. The predicted molar refractivity (Wildman–Crippen MR) is 103 cm³/mol. The highest BCUT2D eigenvalue weighted by molar-refractivity contribution is 5.80. The number of amides is 1. The number of benzene rings is 1. The highest BCUT2D eigenvalue weighted by atomic mass is 16.5. The topological polar surface area (TPSA) is 94.1 Å². The summed E-state index contributed by atoms with van der Waals surface area (Å²) in [7, 11) is 1.68. The second-order valence-electron chi connectivity index (χ2n) is 7.36. The van der Waals surface area contributed by atoms with Crippen LogP contribution in [0.4, 0.5) is 0 Å². The Morgan fingerprint density at radius 1 is 1.25 bits per heavy atom. The van der Waals surface area contributed by atoms with Gasteiger partial charge < -0.3 is 9.42 Å². The highest BCUT2D eigenvalue weighted by Crippen LogP contribution is 2.32. The fourth-order valence-corrected chi connectivity index (χ4v) is 3.70. The average Bonchev–Trinajstić information content (AvgIpc) is 3.37. The second kappa shape index (κ2) is 7.53. The standard InChI is InChI=1S/C20H23N5O3/c1-13-20(27)25(16-10-6-5-9-15(16)21-13)12-18(26)24(2)11-17-22-19(28-23-17)14-7-3-4-8-14/h5-6,9-10,14H,3-4,7-8,11-12H2,1-2H3. The van der Waals surface area contributed by atoms with Crippen molar-refractivity contribution in [2.75, 3.05) is 7.05 Å². The van der Waals surface area contributed by atoms with Gasteiger partial charge >= 0.3 is 0 Å². The number of carbonyl (C=O) groups is 1. The van der Waals surface area contributed by atoms with E-state index in [1.807, 2.05) is 18.2 Å². The maximum Gasteiger partial charge on any atom is 0.272 e. The summed E-state index contributed by atoms with van der Waals surface area (Å²) in [4.78, 5) is 35.6. The molecular formula is C20H23N5O3. The Morgan fingerprint density at radius 2 is 2.00 bits per heavy atom. The zero-order chi connectivity index (χ0) is 19.7. The summed E-state index contributed by atoms with van der Waals surface area (Å²) < 4.78 is 6.85. The van der Waals surface area contributed by atoms with Gasteiger partial charge in [0.15, 0.2) is 5.82 Å². The van der Waals surface area contributed by atoms with Gasteiger partial charge in [-0.1, -0.05) is 30.1 Å². The molecular weight excluding hydrogens is 358 g/mol. The van der Waals surface area contributed by atoms with Crippen LogP contribution in [0.3, 0.4) is 0 Å². The molecule has 146 valence electrons. The van der Waals surface area contributed by atoms with Gasteiger partial charge in [-0.15, -0.1) is 0 Å². The minimum Gasteiger partial charge on any atom is -0.339 e. The molecule has 0 spiro atoms. The molecule has 1 aliphatic carbocycles. The Balaban J connectivity index is 1.50. The van der Waals surface area contributed by atoms with Crippen LogP contribution in [0.15, 0.2) is 33.6 Å². The molecule has 28 heavy (non-hydrogen) atoms. The summed E-state index contributed by atoms with van der Waals surface area (Å²) in [5.41, 5.74) is 1.44. The van der Waals surface area contributed by atoms with Crippen LogP contribution in [0.2, 0.25) is 0 Å². The van der Waals surface area contributed by atoms with Gasteiger partial charge in [0.1, 0.15) is 12.2 Å². The van der Waals surface area contributed by atoms with Crippen LogP contribution in [-0.2, 0) is 17.9 Å². The minimum absolute atomic E-state index is 0.0630. The van der Waals surface area contributed by atoms with Crippen LogP contribution in [0, 0.1) is 6.92 Å². The molecule has 1 fully saturated rings. The fourth-order valence-electron chi connectivity index (χ4n) is 3.70. The number of rotatable bonds is 5. The fraction of sp³-hybridized carbons (Fsp3) is 0.450. The van der Waals surface area contributed by atoms with Crippen molar-refractivity contribution in [2.24, 2.45) is 0 Å². The SMILES string of the molecule is Cc1nc2ccccc2n(CC(=O)N(C)Cc2noc(C3CCCC3)n2)c1=O. The van der Waals surface area contributed by atoms with Crippen LogP contribution in [0.1, 0.15) is 49.0 Å². The largest absolute Gasteiger partial charge is 0.339 e. The van der Waals surface area contributed by atoms with Gasteiger partial charge in [-0.2, -0.15) is 4.98 Å². The molecule has 1 aliphatic rings. The summed E-state index contributed by atoms with van der Waals surface area (Å²) in [6, 6.07) is 7.31. The van der Waals surface area contributed by atoms with Crippen LogP contribution in [0.5, 0.6) is 0 Å².